The molecule has 0 bridgehead atoms. The lowest BCUT2D eigenvalue weighted by atomic mass is 9.70. The smallest absolute Gasteiger partial charge is 0.201 e. The van der Waals surface area contributed by atoms with Crippen LogP contribution in [-0.4, -0.2) is 9.55 Å². The first-order valence-electron chi connectivity index (χ1n) is 5.99. The average molecular weight is 233 g/mol. The molecule has 0 amide bonds. The fourth-order valence-corrected chi connectivity index (χ4v) is 2.61. The van der Waals surface area contributed by atoms with Crippen molar-refractivity contribution in [1.82, 2.24) is 9.55 Å². The summed E-state index contributed by atoms with van der Waals surface area (Å²) in [6.07, 6.45) is 3.75. The number of nitrogens with zero attached hydrogens (tertiary/aromatic N) is 2. The standard InChI is InChI=1S/C13H16FN3/c1-13(5-2-6-13)8-17-11-4-3-9(14)7-10(11)16-12(17)15/h3-4,7H,2,5-6,8H2,1H3,(H2,15,16). The first-order valence-corrected chi connectivity index (χ1v) is 5.99. The van der Waals surface area contributed by atoms with Gasteiger partial charge in [0.1, 0.15) is 5.82 Å². The van der Waals surface area contributed by atoms with Crippen molar-refractivity contribution in [2.45, 2.75) is 32.7 Å². The average Bonchev–Trinajstić information content (AvgIpc) is 2.52. The van der Waals surface area contributed by atoms with Gasteiger partial charge in [-0.05, 0) is 30.4 Å². The summed E-state index contributed by atoms with van der Waals surface area (Å²) in [7, 11) is 0. The molecule has 1 heterocycles. The van der Waals surface area contributed by atoms with Gasteiger partial charge in [0.15, 0.2) is 0 Å². The Labute approximate surface area is 99.4 Å². The summed E-state index contributed by atoms with van der Waals surface area (Å²) < 4.78 is 15.1. The molecule has 1 aliphatic rings. The number of aromatic nitrogens is 2. The first kappa shape index (κ1) is 10.6. The monoisotopic (exact) mass is 233 g/mol. The quantitative estimate of drug-likeness (QED) is 0.866. The highest BCUT2D eigenvalue weighted by Crippen LogP contribution is 2.42. The molecule has 0 spiro atoms. The number of nitrogens with two attached hydrogens (primary N) is 1. The van der Waals surface area contributed by atoms with Crippen molar-refractivity contribution in [1.29, 1.82) is 0 Å². The van der Waals surface area contributed by atoms with E-state index in [-0.39, 0.29) is 5.82 Å². The molecule has 3 rings (SSSR count). The second kappa shape index (κ2) is 3.45. The number of imidazole rings is 1. The van der Waals surface area contributed by atoms with E-state index in [9.17, 15) is 4.39 Å². The summed E-state index contributed by atoms with van der Waals surface area (Å²) in [5, 5.41) is 0. The van der Waals surface area contributed by atoms with E-state index >= 15 is 0 Å². The third kappa shape index (κ3) is 1.68. The zero-order valence-corrected chi connectivity index (χ0v) is 9.91. The molecule has 1 aromatic heterocycles. The Morgan fingerprint density at radius 1 is 1.47 bits per heavy atom. The van der Waals surface area contributed by atoms with Crippen LogP contribution in [0, 0.1) is 11.2 Å². The summed E-state index contributed by atoms with van der Waals surface area (Å²) in [4.78, 5) is 4.22. The van der Waals surface area contributed by atoms with E-state index in [1.165, 1.54) is 31.4 Å². The second-order valence-electron chi connectivity index (χ2n) is 5.35. The molecular formula is C13H16FN3. The summed E-state index contributed by atoms with van der Waals surface area (Å²) >= 11 is 0. The molecule has 1 fully saturated rings. The summed E-state index contributed by atoms with van der Waals surface area (Å²) in [5.74, 6) is 0.218. The van der Waals surface area contributed by atoms with Gasteiger partial charge in [-0.1, -0.05) is 13.3 Å². The van der Waals surface area contributed by atoms with Gasteiger partial charge in [-0.3, -0.25) is 0 Å². The van der Waals surface area contributed by atoms with E-state index in [1.54, 1.807) is 6.07 Å². The van der Waals surface area contributed by atoms with E-state index in [2.05, 4.69) is 11.9 Å². The minimum absolute atomic E-state index is 0.267. The maximum atomic E-state index is 13.1. The number of fused-ring (bicyclic) bond motifs is 1. The molecular weight excluding hydrogens is 217 g/mol. The Morgan fingerprint density at radius 2 is 2.24 bits per heavy atom. The zero-order chi connectivity index (χ0) is 12.0. The van der Waals surface area contributed by atoms with Crippen molar-refractivity contribution in [3.8, 4) is 0 Å². The molecule has 2 N–H and O–H groups in total. The zero-order valence-electron chi connectivity index (χ0n) is 9.91. The van der Waals surface area contributed by atoms with Gasteiger partial charge in [-0.15, -0.1) is 0 Å². The normalized spacial score (nSPS) is 18.2. The molecule has 0 unspecified atom stereocenters. The van der Waals surface area contributed by atoms with Crippen LogP contribution in [0.25, 0.3) is 11.0 Å². The molecule has 17 heavy (non-hydrogen) atoms. The number of rotatable bonds is 2. The molecule has 0 atom stereocenters. The van der Waals surface area contributed by atoms with Crippen molar-refractivity contribution in [2.24, 2.45) is 5.41 Å². The van der Waals surface area contributed by atoms with Gasteiger partial charge in [0.05, 0.1) is 11.0 Å². The molecule has 0 aliphatic heterocycles. The lowest BCUT2D eigenvalue weighted by molar-refractivity contribution is 0.135. The highest BCUT2D eigenvalue weighted by molar-refractivity contribution is 5.78. The molecule has 0 saturated heterocycles. The van der Waals surface area contributed by atoms with Gasteiger partial charge in [0.25, 0.3) is 0 Å². The van der Waals surface area contributed by atoms with Gasteiger partial charge in [0, 0.05) is 12.6 Å². The number of anilines is 1. The number of halogens is 1. The van der Waals surface area contributed by atoms with E-state index in [0.717, 1.165) is 12.1 Å². The van der Waals surface area contributed by atoms with Crippen LogP contribution in [0.15, 0.2) is 18.2 Å². The third-order valence-electron chi connectivity index (χ3n) is 3.84. The fraction of sp³-hybridized carbons (Fsp3) is 0.462. The van der Waals surface area contributed by atoms with Crippen LogP contribution in [0.5, 0.6) is 0 Å². The van der Waals surface area contributed by atoms with Crippen LogP contribution in [0.2, 0.25) is 0 Å². The van der Waals surface area contributed by atoms with E-state index in [0.29, 0.717) is 16.9 Å². The predicted octanol–water partition coefficient (Wildman–Crippen LogP) is 2.95. The highest BCUT2D eigenvalue weighted by Gasteiger charge is 2.33. The molecule has 1 aliphatic carbocycles. The largest absolute Gasteiger partial charge is 0.369 e. The Bertz CT molecular complexity index is 569. The number of benzene rings is 1. The van der Waals surface area contributed by atoms with Crippen molar-refractivity contribution >= 4 is 17.0 Å². The Balaban J connectivity index is 2.06. The maximum Gasteiger partial charge on any atom is 0.201 e. The van der Waals surface area contributed by atoms with Crippen molar-refractivity contribution < 1.29 is 4.39 Å². The predicted molar refractivity (Wildman–Crippen MR) is 66.1 cm³/mol. The van der Waals surface area contributed by atoms with Gasteiger partial charge in [0.2, 0.25) is 5.95 Å². The van der Waals surface area contributed by atoms with Crippen LogP contribution in [0.4, 0.5) is 10.3 Å². The number of hydrogen-bond donors (Lipinski definition) is 1. The van der Waals surface area contributed by atoms with Crippen LogP contribution in [-0.2, 0) is 6.54 Å². The van der Waals surface area contributed by atoms with Crippen LogP contribution in [0.1, 0.15) is 26.2 Å². The SMILES string of the molecule is CC1(Cn2c(N)nc3cc(F)ccc32)CCC1. The second-order valence-corrected chi connectivity index (χ2v) is 5.35. The topological polar surface area (TPSA) is 43.8 Å². The molecule has 4 heteroatoms. The van der Waals surface area contributed by atoms with E-state index < -0.39 is 0 Å². The minimum Gasteiger partial charge on any atom is -0.369 e. The number of hydrogen-bond acceptors (Lipinski definition) is 2. The summed E-state index contributed by atoms with van der Waals surface area (Å²) in [5.41, 5.74) is 7.82. The highest BCUT2D eigenvalue weighted by atomic mass is 19.1. The molecule has 0 radical (unpaired) electrons. The van der Waals surface area contributed by atoms with Crippen molar-refractivity contribution in [3.63, 3.8) is 0 Å². The van der Waals surface area contributed by atoms with Gasteiger partial charge < -0.3 is 10.3 Å². The van der Waals surface area contributed by atoms with Crippen LogP contribution in [0.3, 0.4) is 0 Å². The van der Waals surface area contributed by atoms with E-state index in [4.69, 9.17) is 5.73 Å². The summed E-state index contributed by atoms with van der Waals surface area (Å²) in [6, 6.07) is 4.66. The molecule has 1 saturated carbocycles. The van der Waals surface area contributed by atoms with Gasteiger partial charge in [-0.25, -0.2) is 9.37 Å². The molecule has 1 aromatic carbocycles. The van der Waals surface area contributed by atoms with Crippen LogP contribution >= 0.6 is 0 Å². The van der Waals surface area contributed by atoms with Crippen molar-refractivity contribution in [2.75, 3.05) is 5.73 Å². The Morgan fingerprint density at radius 3 is 2.88 bits per heavy atom. The lowest BCUT2D eigenvalue weighted by Gasteiger charge is -2.38. The molecule has 3 nitrogen and oxygen atoms in total. The Kier molecular flexibility index (Phi) is 2.15. The third-order valence-corrected chi connectivity index (χ3v) is 3.84. The fourth-order valence-electron chi connectivity index (χ4n) is 2.61. The minimum atomic E-state index is -0.267. The summed E-state index contributed by atoms with van der Waals surface area (Å²) in [6.45, 7) is 3.15. The Hall–Kier alpha value is -1.58. The molecule has 90 valence electrons. The first-order chi connectivity index (χ1) is 8.07. The van der Waals surface area contributed by atoms with E-state index in [1.807, 2.05) is 4.57 Å². The maximum absolute atomic E-state index is 13.1. The number of nitrogen functional groups attached to an aromatic ring is 1. The lowest BCUT2D eigenvalue weighted by Crippen LogP contribution is -2.31. The van der Waals surface area contributed by atoms with Crippen LogP contribution < -0.4 is 5.73 Å². The van der Waals surface area contributed by atoms with Gasteiger partial charge in [-0.2, -0.15) is 0 Å². The van der Waals surface area contributed by atoms with Crippen molar-refractivity contribution in [3.05, 3.63) is 24.0 Å². The van der Waals surface area contributed by atoms with Gasteiger partial charge >= 0.3 is 0 Å². The molecule has 2 aromatic rings.